The van der Waals surface area contributed by atoms with E-state index in [0.717, 1.165) is 5.69 Å². The minimum Gasteiger partial charge on any atom is -0.506 e. The number of hydrogen-bond donors (Lipinski definition) is 2. The summed E-state index contributed by atoms with van der Waals surface area (Å²) < 4.78 is 0. The van der Waals surface area contributed by atoms with Crippen molar-refractivity contribution in [3.8, 4) is 5.75 Å². The van der Waals surface area contributed by atoms with Crippen molar-refractivity contribution in [1.29, 1.82) is 0 Å². The van der Waals surface area contributed by atoms with Gasteiger partial charge in [0.05, 0.1) is 18.2 Å². The van der Waals surface area contributed by atoms with E-state index in [2.05, 4.69) is 4.90 Å². The van der Waals surface area contributed by atoms with Gasteiger partial charge in [-0.1, -0.05) is 12.1 Å². The second-order valence-corrected chi connectivity index (χ2v) is 6.10. The van der Waals surface area contributed by atoms with Gasteiger partial charge in [-0.15, -0.1) is 12.4 Å². The molecule has 1 aliphatic heterocycles. The number of hydrogen-bond acceptors (Lipinski definition) is 5. The summed E-state index contributed by atoms with van der Waals surface area (Å²) in [4.78, 5) is 28.9. The molecule has 0 saturated carbocycles. The van der Waals surface area contributed by atoms with E-state index in [-0.39, 0.29) is 36.5 Å². The SMILES string of the molecule is CC(C(=O)N1CCN(c2ccccc2O)CC1)N(C)CCC(=O)O.Cl. The number of likely N-dealkylation sites (N-methyl/N-ethyl adjacent to an activating group) is 1. The van der Waals surface area contributed by atoms with Crippen molar-refractivity contribution in [3.63, 3.8) is 0 Å². The highest BCUT2D eigenvalue weighted by Crippen LogP contribution is 2.27. The number of aromatic hydroxyl groups is 1. The molecule has 1 fully saturated rings. The highest BCUT2D eigenvalue weighted by molar-refractivity contribution is 5.85. The van der Waals surface area contributed by atoms with Gasteiger partial charge >= 0.3 is 5.97 Å². The molecule has 1 atom stereocenters. The Morgan fingerprint density at radius 3 is 2.36 bits per heavy atom. The molecule has 2 rings (SSSR count). The molecule has 0 bridgehead atoms. The average molecular weight is 372 g/mol. The standard InChI is InChI=1S/C17H25N3O4.ClH/c1-13(18(2)8-7-16(22)23)17(24)20-11-9-19(10-12-20)14-5-3-4-6-15(14)21;/h3-6,13,21H,7-12H2,1-2H3,(H,22,23);1H. The van der Waals surface area contributed by atoms with E-state index < -0.39 is 5.97 Å². The molecule has 0 aromatic heterocycles. The first-order valence-electron chi connectivity index (χ1n) is 8.14. The number of carboxylic acids is 1. The molecule has 1 saturated heterocycles. The number of phenols is 1. The lowest BCUT2D eigenvalue weighted by molar-refractivity contribution is -0.140. The number of carbonyl (C=O) groups excluding carboxylic acids is 1. The highest BCUT2D eigenvalue weighted by Gasteiger charge is 2.27. The molecule has 1 heterocycles. The maximum absolute atomic E-state index is 12.6. The third-order valence-electron chi connectivity index (χ3n) is 4.51. The van der Waals surface area contributed by atoms with Gasteiger partial charge < -0.3 is 20.0 Å². The van der Waals surface area contributed by atoms with E-state index in [4.69, 9.17) is 5.11 Å². The number of rotatable bonds is 6. The monoisotopic (exact) mass is 371 g/mol. The fourth-order valence-corrected chi connectivity index (χ4v) is 2.82. The van der Waals surface area contributed by atoms with E-state index in [1.54, 1.807) is 35.9 Å². The first-order chi connectivity index (χ1) is 11.4. The van der Waals surface area contributed by atoms with Crippen LogP contribution in [0.5, 0.6) is 5.75 Å². The molecule has 0 aliphatic carbocycles. The topological polar surface area (TPSA) is 84.3 Å². The van der Waals surface area contributed by atoms with Crippen LogP contribution in [0.1, 0.15) is 13.3 Å². The van der Waals surface area contributed by atoms with Crippen LogP contribution < -0.4 is 4.90 Å². The van der Waals surface area contributed by atoms with E-state index in [1.807, 2.05) is 12.1 Å². The molecule has 0 radical (unpaired) electrons. The lowest BCUT2D eigenvalue weighted by Crippen LogP contribution is -2.53. The Balaban J connectivity index is 0.00000312. The molecule has 0 spiro atoms. The molecule has 1 amide bonds. The van der Waals surface area contributed by atoms with Crippen LogP contribution >= 0.6 is 12.4 Å². The minimum atomic E-state index is -0.863. The summed E-state index contributed by atoms with van der Waals surface area (Å²) in [7, 11) is 1.77. The highest BCUT2D eigenvalue weighted by atomic mass is 35.5. The number of piperazine rings is 1. The number of halogens is 1. The molecule has 25 heavy (non-hydrogen) atoms. The second-order valence-electron chi connectivity index (χ2n) is 6.10. The minimum absolute atomic E-state index is 0. The zero-order valence-corrected chi connectivity index (χ0v) is 15.4. The molecular weight excluding hydrogens is 346 g/mol. The number of nitrogens with zero attached hydrogens (tertiary/aromatic N) is 3. The van der Waals surface area contributed by atoms with Crippen LogP contribution in [0.4, 0.5) is 5.69 Å². The van der Waals surface area contributed by atoms with Crippen LogP contribution in [-0.2, 0) is 9.59 Å². The number of phenolic OH excluding ortho intramolecular Hbond substituents is 1. The van der Waals surface area contributed by atoms with Crippen molar-refractivity contribution in [2.24, 2.45) is 0 Å². The summed E-state index contributed by atoms with van der Waals surface area (Å²) in [5.74, 6) is -0.600. The molecule has 1 aliphatic rings. The number of carbonyl (C=O) groups is 2. The largest absolute Gasteiger partial charge is 0.506 e. The Bertz CT molecular complexity index is 591. The first kappa shape index (κ1) is 21.1. The van der Waals surface area contributed by atoms with Crippen molar-refractivity contribution in [1.82, 2.24) is 9.80 Å². The number of anilines is 1. The van der Waals surface area contributed by atoms with Crippen LogP contribution in [0.15, 0.2) is 24.3 Å². The third kappa shape index (κ3) is 5.51. The third-order valence-corrected chi connectivity index (χ3v) is 4.51. The van der Waals surface area contributed by atoms with E-state index in [0.29, 0.717) is 32.7 Å². The summed E-state index contributed by atoms with van der Waals surface area (Å²) in [6.45, 7) is 4.65. The molecule has 8 heteroatoms. The van der Waals surface area contributed by atoms with Gasteiger partial charge in [0.25, 0.3) is 0 Å². The van der Waals surface area contributed by atoms with E-state index in [9.17, 15) is 14.7 Å². The lowest BCUT2D eigenvalue weighted by atomic mass is 10.2. The van der Waals surface area contributed by atoms with Gasteiger partial charge in [-0.3, -0.25) is 14.5 Å². The summed E-state index contributed by atoms with van der Waals surface area (Å²) >= 11 is 0. The van der Waals surface area contributed by atoms with Crippen molar-refractivity contribution in [3.05, 3.63) is 24.3 Å². The van der Waals surface area contributed by atoms with Crippen molar-refractivity contribution in [2.75, 3.05) is 44.7 Å². The smallest absolute Gasteiger partial charge is 0.304 e. The van der Waals surface area contributed by atoms with Crippen molar-refractivity contribution >= 4 is 30.0 Å². The lowest BCUT2D eigenvalue weighted by Gasteiger charge is -2.38. The Morgan fingerprint density at radius 2 is 1.80 bits per heavy atom. The molecular formula is C17H26ClN3O4. The summed E-state index contributed by atoms with van der Waals surface area (Å²) in [6.07, 6.45) is 0.0230. The van der Waals surface area contributed by atoms with Gasteiger partial charge in [0, 0.05) is 32.7 Å². The summed E-state index contributed by atoms with van der Waals surface area (Å²) in [5.41, 5.74) is 0.788. The Labute approximate surface area is 154 Å². The van der Waals surface area contributed by atoms with Crippen LogP contribution in [0, 0.1) is 0 Å². The Kier molecular flexibility index (Phi) is 7.99. The van der Waals surface area contributed by atoms with Gasteiger partial charge in [-0.2, -0.15) is 0 Å². The number of aliphatic carboxylic acids is 1. The van der Waals surface area contributed by atoms with Gasteiger partial charge in [0.15, 0.2) is 0 Å². The maximum Gasteiger partial charge on any atom is 0.304 e. The molecule has 7 nitrogen and oxygen atoms in total. The number of benzene rings is 1. The predicted octanol–water partition coefficient (Wildman–Crippen LogP) is 1.26. The van der Waals surface area contributed by atoms with Crippen LogP contribution in [0.2, 0.25) is 0 Å². The maximum atomic E-state index is 12.6. The van der Waals surface area contributed by atoms with Crippen molar-refractivity contribution in [2.45, 2.75) is 19.4 Å². The molecule has 1 aromatic rings. The second kappa shape index (κ2) is 9.48. The quantitative estimate of drug-likeness (QED) is 0.783. The molecule has 1 aromatic carbocycles. The normalized spacial score (nSPS) is 15.6. The number of carboxylic acid groups (broad SMARTS) is 1. The van der Waals surface area contributed by atoms with Gasteiger partial charge in [-0.25, -0.2) is 0 Å². The van der Waals surface area contributed by atoms with Crippen LogP contribution in [0.3, 0.4) is 0 Å². The van der Waals surface area contributed by atoms with Gasteiger partial charge in [0.1, 0.15) is 5.75 Å². The molecule has 140 valence electrons. The number of para-hydroxylation sites is 2. The molecule has 2 N–H and O–H groups in total. The summed E-state index contributed by atoms with van der Waals surface area (Å²) in [5, 5.41) is 18.7. The fraction of sp³-hybridized carbons (Fsp3) is 0.529. The first-order valence-corrected chi connectivity index (χ1v) is 8.14. The Hall–Kier alpha value is -1.99. The average Bonchev–Trinajstić information content (AvgIpc) is 2.59. The van der Waals surface area contributed by atoms with E-state index >= 15 is 0 Å². The van der Waals surface area contributed by atoms with Crippen molar-refractivity contribution < 1.29 is 19.8 Å². The molecule has 1 unspecified atom stereocenters. The van der Waals surface area contributed by atoms with E-state index in [1.165, 1.54) is 0 Å². The number of amides is 1. The fourth-order valence-electron chi connectivity index (χ4n) is 2.82. The summed E-state index contributed by atoms with van der Waals surface area (Å²) in [6, 6.07) is 6.85. The van der Waals surface area contributed by atoms with Crippen LogP contribution in [0.25, 0.3) is 0 Å². The van der Waals surface area contributed by atoms with Gasteiger partial charge in [-0.05, 0) is 26.1 Å². The Morgan fingerprint density at radius 1 is 1.20 bits per heavy atom. The zero-order valence-electron chi connectivity index (χ0n) is 14.6. The van der Waals surface area contributed by atoms with Crippen LogP contribution in [-0.4, -0.2) is 77.7 Å². The van der Waals surface area contributed by atoms with Gasteiger partial charge in [0.2, 0.25) is 5.91 Å². The zero-order chi connectivity index (χ0) is 17.7. The predicted molar refractivity (Wildman–Crippen MR) is 98.5 cm³/mol.